The van der Waals surface area contributed by atoms with Gasteiger partial charge >= 0.3 is 11.8 Å². The van der Waals surface area contributed by atoms with Gasteiger partial charge in [-0.2, -0.15) is 0 Å². The Morgan fingerprint density at radius 2 is 2.08 bits per heavy atom. The predicted octanol–water partition coefficient (Wildman–Crippen LogP) is 1.44. The zero-order chi connectivity index (χ0) is 17.6. The maximum absolute atomic E-state index is 12.0. The van der Waals surface area contributed by atoms with E-state index in [0.717, 1.165) is 31.4 Å². The molecule has 2 aliphatic rings. The van der Waals surface area contributed by atoms with Gasteiger partial charge in [-0.3, -0.25) is 14.4 Å². The van der Waals surface area contributed by atoms with Crippen LogP contribution in [0.1, 0.15) is 32.1 Å². The zero-order valence-electron chi connectivity index (χ0n) is 14.1. The number of carbonyl (C=O) groups is 3. The molecule has 134 valence electrons. The van der Waals surface area contributed by atoms with Crippen LogP contribution in [-0.2, 0) is 19.1 Å². The van der Waals surface area contributed by atoms with E-state index in [1.54, 1.807) is 23.1 Å². The van der Waals surface area contributed by atoms with Crippen LogP contribution >= 0.6 is 0 Å². The Kier molecular flexibility index (Phi) is 5.65. The summed E-state index contributed by atoms with van der Waals surface area (Å²) in [6, 6.07) is 7.01. The van der Waals surface area contributed by atoms with Crippen molar-refractivity contribution < 1.29 is 19.1 Å². The van der Waals surface area contributed by atoms with Crippen molar-refractivity contribution in [3.63, 3.8) is 0 Å². The first kappa shape index (κ1) is 17.4. The van der Waals surface area contributed by atoms with E-state index in [2.05, 4.69) is 10.6 Å². The molecule has 25 heavy (non-hydrogen) atoms. The third kappa shape index (κ3) is 4.57. The average Bonchev–Trinajstić information content (AvgIpc) is 3.14. The molecule has 0 radical (unpaired) electrons. The Hall–Kier alpha value is -2.41. The smallest absolute Gasteiger partial charge is 0.313 e. The molecule has 0 aromatic heterocycles. The Balaban J connectivity index is 1.56. The fraction of sp³-hybridized carbons (Fsp3) is 0.500. The van der Waals surface area contributed by atoms with Crippen LogP contribution in [0.2, 0.25) is 0 Å². The van der Waals surface area contributed by atoms with E-state index in [4.69, 9.17) is 4.74 Å². The van der Waals surface area contributed by atoms with Gasteiger partial charge in [-0.25, -0.2) is 0 Å². The predicted molar refractivity (Wildman–Crippen MR) is 93.3 cm³/mol. The first-order valence-corrected chi connectivity index (χ1v) is 8.75. The summed E-state index contributed by atoms with van der Waals surface area (Å²) in [5.41, 5.74) is 1.23. The van der Waals surface area contributed by atoms with Gasteiger partial charge in [0.2, 0.25) is 5.91 Å². The molecule has 0 bridgehead atoms. The minimum absolute atomic E-state index is 0.00908. The standard InChI is InChI=1S/C18H23N3O4/c22-16-8-1-2-9-21(16)14-6-3-5-13(11-14)20-18(24)17(23)19-12-15-7-4-10-25-15/h3,5-6,11,15H,1-2,4,7-10,12H2,(H,19,23)(H,20,24)/t15-/m0/s1. The van der Waals surface area contributed by atoms with Crippen LogP contribution in [0.4, 0.5) is 11.4 Å². The molecule has 0 spiro atoms. The minimum Gasteiger partial charge on any atom is -0.376 e. The van der Waals surface area contributed by atoms with Crippen LogP contribution in [0, 0.1) is 0 Å². The van der Waals surface area contributed by atoms with Crippen molar-refractivity contribution in [3.05, 3.63) is 24.3 Å². The molecular weight excluding hydrogens is 322 g/mol. The Morgan fingerprint density at radius 1 is 1.20 bits per heavy atom. The molecule has 2 saturated heterocycles. The molecule has 2 aliphatic heterocycles. The van der Waals surface area contributed by atoms with Crippen LogP contribution in [0.15, 0.2) is 24.3 Å². The monoisotopic (exact) mass is 345 g/mol. The number of hydrogen-bond donors (Lipinski definition) is 2. The number of rotatable bonds is 4. The average molecular weight is 345 g/mol. The molecule has 3 amide bonds. The van der Waals surface area contributed by atoms with E-state index < -0.39 is 11.8 Å². The number of amides is 3. The Labute approximate surface area is 146 Å². The summed E-state index contributed by atoms with van der Waals surface area (Å²) in [6.45, 7) is 1.72. The van der Waals surface area contributed by atoms with Crippen molar-refractivity contribution in [1.82, 2.24) is 5.32 Å². The number of anilines is 2. The highest BCUT2D eigenvalue weighted by atomic mass is 16.5. The van der Waals surface area contributed by atoms with Gasteiger partial charge < -0.3 is 20.3 Å². The third-order valence-electron chi connectivity index (χ3n) is 4.46. The summed E-state index contributed by atoms with van der Waals surface area (Å²) in [4.78, 5) is 37.7. The second kappa shape index (κ2) is 8.11. The fourth-order valence-electron chi connectivity index (χ4n) is 3.11. The van der Waals surface area contributed by atoms with Crippen LogP contribution in [0.25, 0.3) is 0 Å². The van der Waals surface area contributed by atoms with Crippen molar-refractivity contribution in [2.45, 2.75) is 38.2 Å². The van der Waals surface area contributed by atoms with Gasteiger partial charge in [-0.15, -0.1) is 0 Å². The number of benzene rings is 1. The molecular formula is C18H23N3O4. The summed E-state index contributed by atoms with van der Waals surface area (Å²) in [5.74, 6) is -1.32. The first-order chi connectivity index (χ1) is 12.1. The summed E-state index contributed by atoms with van der Waals surface area (Å²) in [5, 5.41) is 5.17. The SMILES string of the molecule is O=C(NC[C@@H]1CCCO1)C(=O)Nc1cccc(N2CCCCC2=O)c1. The molecule has 2 N–H and O–H groups in total. The second-order valence-electron chi connectivity index (χ2n) is 6.35. The van der Waals surface area contributed by atoms with Crippen molar-refractivity contribution in [2.75, 3.05) is 29.9 Å². The largest absolute Gasteiger partial charge is 0.376 e. The van der Waals surface area contributed by atoms with Gasteiger partial charge in [-0.05, 0) is 43.9 Å². The lowest BCUT2D eigenvalue weighted by Gasteiger charge is -2.27. The molecule has 1 atom stereocenters. The molecule has 3 rings (SSSR count). The highest BCUT2D eigenvalue weighted by Crippen LogP contribution is 2.23. The van der Waals surface area contributed by atoms with Crippen LogP contribution < -0.4 is 15.5 Å². The fourth-order valence-corrected chi connectivity index (χ4v) is 3.11. The minimum atomic E-state index is -0.722. The number of ether oxygens (including phenoxy) is 1. The van der Waals surface area contributed by atoms with Crippen LogP contribution in [0.3, 0.4) is 0 Å². The molecule has 0 saturated carbocycles. The van der Waals surface area contributed by atoms with Crippen molar-refractivity contribution in [1.29, 1.82) is 0 Å². The van der Waals surface area contributed by atoms with E-state index in [1.165, 1.54) is 0 Å². The molecule has 1 aromatic rings. The van der Waals surface area contributed by atoms with E-state index in [0.29, 0.717) is 31.8 Å². The Morgan fingerprint density at radius 3 is 2.84 bits per heavy atom. The lowest BCUT2D eigenvalue weighted by molar-refractivity contribution is -0.136. The molecule has 0 unspecified atom stereocenters. The molecule has 7 heteroatoms. The van der Waals surface area contributed by atoms with Gasteiger partial charge in [0.25, 0.3) is 0 Å². The second-order valence-corrected chi connectivity index (χ2v) is 6.35. The molecule has 7 nitrogen and oxygen atoms in total. The number of hydrogen-bond acceptors (Lipinski definition) is 4. The highest BCUT2D eigenvalue weighted by Gasteiger charge is 2.21. The van der Waals surface area contributed by atoms with E-state index in [9.17, 15) is 14.4 Å². The zero-order valence-corrected chi connectivity index (χ0v) is 14.1. The van der Waals surface area contributed by atoms with E-state index >= 15 is 0 Å². The number of nitrogens with one attached hydrogen (secondary N) is 2. The molecule has 2 heterocycles. The molecule has 0 aliphatic carbocycles. The highest BCUT2D eigenvalue weighted by molar-refractivity contribution is 6.39. The number of piperidine rings is 1. The normalized spacial score (nSPS) is 20.4. The van der Waals surface area contributed by atoms with Crippen LogP contribution in [-0.4, -0.2) is 43.5 Å². The van der Waals surface area contributed by atoms with Gasteiger partial charge in [0, 0.05) is 37.5 Å². The maximum Gasteiger partial charge on any atom is 0.313 e. The summed E-state index contributed by atoms with van der Waals surface area (Å²) in [7, 11) is 0. The van der Waals surface area contributed by atoms with Gasteiger partial charge in [-0.1, -0.05) is 6.07 Å². The first-order valence-electron chi connectivity index (χ1n) is 8.75. The lowest BCUT2D eigenvalue weighted by Crippen LogP contribution is -2.39. The number of carbonyl (C=O) groups excluding carboxylic acids is 3. The van der Waals surface area contributed by atoms with E-state index in [-0.39, 0.29) is 12.0 Å². The van der Waals surface area contributed by atoms with Gasteiger partial charge in [0.15, 0.2) is 0 Å². The molecule has 1 aromatic carbocycles. The number of nitrogens with zero attached hydrogens (tertiary/aromatic N) is 1. The van der Waals surface area contributed by atoms with Crippen LogP contribution in [0.5, 0.6) is 0 Å². The lowest BCUT2D eigenvalue weighted by atomic mass is 10.1. The summed E-state index contributed by atoms with van der Waals surface area (Å²) < 4.78 is 5.41. The quantitative estimate of drug-likeness (QED) is 0.808. The summed E-state index contributed by atoms with van der Waals surface area (Å²) in [6.07, 6.45) is 4.29. The van der Waals surface area contributed by atoms with Crippen molar-refractivity contribution in [2.24, 2.45) is 0 Å². The third-order valence-corrected chi connectivity index (χ3v) is 4.46. The van der Waals surface area contributed by atoms with Gasteiger partial charge in [0.05, 0.1) is 6.10 Å². The Bertz CT molecular complexity index is 655. The summed E-state index contributed by atoms with van der Waals surface area (Å²) >= 11 is 0. The van der Waals surface area contributed by atoms with E-state index in [1.807, 2.05) is 6.07 Å². The molecule has 2 fully saturated rings. The maximum atomic E-state index is 12.0. The van der Waals surface area contributed by atoms with Crippen molar-refractivity contribution >= 4 is 29.1 Å². The topological polar surface area (TPSA) is 87.7 Å². The van der Waals surface area contributed by atoms with Gasteiger partial charge in [0.1, 0.15) is 0 Å². The van der Waals surface area contributed by atoms with Crippen molar-refractivity contribution in [3.8, 4) is 0 Å².